The van der Waals surface area contributed by atoms with Gasteiger partial charge >= 0.3 is 0 Å². The molecule has 1 atom stereocenters. The fourth-order valence-corrected chi connectivity index (χ4v) is 2.71. The Labute approximate surface area is 105 Å². The predicted octanol–water partition coefficient (Wildman–Crippen LogP) is 3.79. The van der Waals surface area contributed by atoms with Gasteiger partial charge in [0, 0.05) is 22.5 Å². The third-order valence-corrected chi connectivity index (χ3v) is 4.08. The zero-order chi connectivity index (χ0) is 11.8. The first-order valence-corrected chi connectivity index (χ1v) is 6.63. The van der Waals surface area contributed by atoms with E-state index < -0.39 is 0 Å². The van der Waals surface area contributed by atoms with Gasteiger partial charge in [-0.15, -0.1) is 0 Å². The number of hydrogen-bond donors (Lipinski definition) is 1. The summed E-state index contributed by atoms with van der Waals surface area (Å²) in [6.45, 7) is 4.33. The lowest BCUT2D eigenvalue weighted by molar-refractivity contribution is 0.0282. The highest BCUT2D eigenvalue weighted by molar-refractivity contribution is 9.10. The van der Waals surface area contributed by atoms with Crippen LogP contribution in [0.4, 0.5) is 0 Å². The van der Waals surface area contributed by atoms with Crippen molar-refractivity contribution in [3.63, 3.8) is 0 Å². The zero-order valence-electron chi connectivity index (χ0n) is 9.79. The normalized spacial score (nSPS) is 22.4. The van der Waals surface area contributed by atoms with Crippen LogP contribution in [-0.2, 0) is 0 Å². The van der Waals surface area contributed by atoms with E-state index >= 15 is 0 Å². The quantitative estimate of drug-likeness (QED) is 0.896. The summed E-state index contributed by atoms with van der Waals surface area (Å²) in [5.41, 5.74) is 7.28. The topological polar surface area (TPSA) is 35.2 Å². The van der Waals surface area contributed by atoms with E-state index in [1.54, 1.807) is 0 Å². The van der Waals surface area contributed by atoms with Crippen molar-refractivity contribution in [2.45, 2.75) is 44.8 Å². The zero-order valence-corrected chi connectivity index (χ0v) is 11.4. The monoisotopic (exact) mass is 283 g/mol. The largest absolute Gasteiger partial charge is 0.487 e. The fraction of sp³-hybridized carbons (Fsp3) is 0.538. The maximum Gasteiger partial charge on any atom is 0.126 e. The van der Waals surface area contributed by atoms with Crippen LogP contribution in [0.5, 0.6) is 5.75 Å². The summed E-state index contributed by atoms with van der Waals surface area (Å²) in [6.07, 6.45) is 2.92. The first kappa shape index (κ1) is 11.9. The van der Waals surface area contributed by atoms with Crippen LogP contribution in [0.15, 0.2) is 22.7 Å². The van der Waals surface area contributed by atoms with Crippen LogP contribution in [0.25, 0.3) is 0 Å². The van der Waals surface area contributed by atoms with Gasteiger partial charge in [-0.2, -0.15) is 0 Å². The molecule has 0 spiro atoms. The molecule has 1 aromatic carbocycles. The molecule has 0 radical (unpaired) electrons. The molecular weight excluding hydrogens is 266 g/mol. The van der Waals surface area contributed by atoms with Crippen molar-refractivity contribution >= 4 is 15.9 Å². The second-order valence-electron chi connectivity index (χ2n) is 4.48. The van der Waals surface area contributed by atoms with Gasteiger partial charge in [-0.3, -0.25) is 0 Å². The molecule has 0 bridgehead atoms. The second-order valence-corrected chi connectivity index (χ2v) is 5.40. The van der Waals surface area contributed by atoms with Gasteiger partial charge in [0.2, 0.25) is 0 Å². The maximum atomic E-state index is 6.23. The predicted molar refractivity (Wildman–Crippen MR) is 69.6 cm³/mol. The number of benzene rings is 1. The summed E-state index contributed by atoms with van der Waals surface area (Å²) in [6, 6.07) is 6.19. The molecule has 0 amide bonds. The number of ether oxygens (including phenoxy) is 1. The Morgan fingerprint density at radius 3 is 2.75 bits per heavy atom. The number of hydrogen-bond acceptors (Lipinski definition) is 2. The van der Waals surface area contributed by atoms with Crippen LogP contribution in [-0.4, -0.2) is 5.60 Å². The SMILES string of the molecule is CCC1(CC)C[C@@H](N)c2ccc(Br)cc2O1. The standard InChI is InChI=1S/C13H18BrNO/c1-3-13(4-2)8-11(15)10-6-5-9(14)7-12(10)16-13/h5-7,11H,3-4,8,15H2,1-2H3/t11-/m1/s1. The molecular formula is C13H18BrNO. The van der Waals surface area contributed by atoms with Gasteiger partial charge in [0.25, 0.3) is 0 Å². The van der Waals surface area contributed by atoms with Crippen molar-refractivity contribution in [1.82, 2.24) is 0 Å². The molecule has 1 heterocycles. The Bertz CT molecular complexity index is 388. The Balaban J connectivity index is 2.41. The smallest absolute Gasteiger partial charge is 0.126 e. The van der Waals surface area contributed by atoms with E-state index in [1.165, 1.54) is 0 Å². The summed E-state index contributed by atoms with van der Waals surface area (Å²) >= 11 is 3.47. The maximum absolute atomic E-state index is 6.23. The molecule has 2 N–H and O–H groups in total. The number of nitrogens with two attached hydrogens (primary N) is 1. The molecule has 1 aliphatic rings. The van der Waals surface area contributed by atoms with Gasteiger partial charge in [0.05, 0.1) is 0 Å². The molecule has 88 valence electrons. The van der Waals surface area contributed by atoms with E-state index in [4.69, 9.17) is 10.5 Å². The number of halogens is 1. The van der Waals surface area contributed by atoms with Crippen molar-refractivity contribution in [3.8, 4) is 5.75 Å². The minimum Gasteiger partial charge on any atom is -0.487 e. The molecule has 0 fully saturated rings. The minimum absolute atomic E-state index is 0.0762. The average molecular weight is 284 g/mol. The highest BCUT2D eigenvalue weighted by Gasteiger charge is 2.36. The van der Waals surface area contributed by atoms with Crippen molar-refractivity contribution in [3.05, 3.63) is 28.2 Å². The van der Waals surface area contributed by atoms with Gasteiger partial charge in [0.1, 0.15) is 11.4 Å². The summed E-state index contributed by atoms with van der Waals surface area (Å²) in [5, 5.41) is 0. The van der Waals surface area contributed by atoms with Crippen molar-refractivity contribution in [1.29, 1.82) is 0 Å². The molecule has 0 unspecified atom stereocenters. The molecule has 3 heteroatoms. The van der Waals surface area contributed by atoms with Crippen LogP contribution in [0, 0.1) is 0 Å². The van der Waals surface area contributed by atoms with Crippen molar-refractivity contribution < 1.29 is 4.74 Å². The average Bonchev–Trinajstić information content (AvgIpc) is 2.28. The van der Waals surface area contributed by atoms with E-state index in [-0.39, 0.29) is 11.6 Å². The summed E-state index contributed by atoms with van der Waals surface area (Å²) in [7, 11) is 0. The van der Waals surface area contributed by atoms with Crippen LogP contribution >= 0.6 is 15.9 Å². The fourth-order valence-electron chi connectivity index (χ4n) is 2.37. The van der Waals surface area contributed by atoms with Crippen LogP contribution in [0.2, 0.25) is 0 Å². The highest BCUT2D eigenvalue weighted by atomic mass is 79.9. The van der Waals surface area contributed by atoms with E-state index in [9.17, 15) is 0 Å². The van der Waals surface area contributed by atoms with Gasteiger partial charge in [0.15, 0.2) is 0 Å². The van der Waals surface area contributed by atoms with Crippen molar-refractivity contribution in [2.24, 2.45) is 5.73 Å². The van der Waals surface area contributed by atoms with E-state index in [0.29, 0.717) is 0 Å². The molecule has 0 saturated carbocycles. The van der Waals surface area contributed by atoms with Gasteiger partial charge in [-0.25, -0.2) is 0 Å². The number of fused-ring (bicyclic) bond motifs is 1. The van der Waals surface area contributed by atoms with Gasteiger partial charge < -0.3 is 10.5 Å². The summed E-state index contributed by atoms with van der Waals surface area (Å²) in [5.74, 6) is 0.942. The lowest BCUT2D eigenvalue weighted by Crippen LogP contribution is -2.41. The van der Waals surface area contributed by atoms with E-state index in [0.717, 1.165) is 35.0 Å². The Morgan fingerprint density at radius 2 is 2.12 bits per heavy atom. The molecule has 2 rings (SSSR count). The molecule has 2 nitrogen and oxygen atoms in total. The molecule has 1 aromatic rings. The van der Waals surface area contributed by atoms with Crippen LogP contribution in [0.3, 0.4) is 0 Å². The highest BCUT2D eigenvalue weighted by Crippen LogP contribution is 2.42. The Kier molecular flexibility index (Phi) is 3.27. The van der Waals surface area contributed by atoms with E-state index in [2.05, 4.69) is 35.8 Å². The van der Waals surface area contributed by atoms with E-state index in [1.807, 2.05) is 12.1 Å². The minimum atomic E-state index is -0.0762. The molecule has 0 aliphatic carbocycles. The van der Waals surface area contributed by atoms with Gasteiger partial charge in [-0.1, -0.05) is 35.8 Å². The molecule has 0 aromatic heterocycles. The third-order valence-electron chi connectivity index (χ3n) is 3.58. The first-order chi connectivity index (χ1) is 7.60. The molecule has 0 saturated heterocycles. The lowest BCUT2D eigenvalue weighted by atomic mass is 9.84. The third kappa shape index (κ3) is 1.98. The Hall–Kier alpha value is -0.540. The molecule has 16 heavy (non-hydrogen) atoms. The van der Waals surface area contributed by atoms with Crippen molar-refractivity contribution in [2.75, 3.05) is 0 Å². The van der Waals surface area contributed by atoms with Crippen LogP contribution in [0.1, 0.15) is 44.7 Å². The summed E-state index contributed by atoms with van der Waals surface area (Å²) < 4.78 is 7.20. The van der Waals surface area contributed by atoms with Crippen LogP contribution < -0.4 is 10.5 Å². The first-order valence-electron chi connectivity index (χ1n) is 5.84. The lowest BCUT2D eigenvalue weighted by Gasteiger charge is -2.40. The Morgan fingerprint density at radius 1 is 1.44 bits per heavy atom. The summed E-state index contributed by atoms with van der Waals surface area (Å²) in [4.78, 5) is 0. The van der Waals surface area contributed by atoms with Gasteiger partial charge in [-0.05, 0) is 25.0 Å². The number of rotatable bonds is 2. The molecule has 1 aliphatic heterocycles. The second kappa shape index (κ2) is 4.38.